The Labute approximate surface area is 59.0 Å². The summed E-state index contributed by atoms with van der Waals surface area (Å²) in [7, 11) is 0. The molecule has 0 aliphatic rings. The smallest absolute Gasteiger partial charge is 0.133 e. The van der Waals surface area contributed by atoms with E-state index in [9.17, 15) is 4.79 Å². The number of nitrogens with one attached hydrogen (secondary N) is 1. The molecule has 1 N–H and O–H groups in total. The van der Waals surface area contributed by atoms with E-state index in [2.05, 4.69) is 5.32 Å². The van der Waals surface area contributed by atoms with E-state index < -0.39 is 0 Å². The van der Waals surface area contributed by atoms with Crippen molar-refractivity contribution in [2.45, 2.75) is 6.54 Å². The molecular weight excluding hydrogens is 130 g/mol. The number of furan rings is 1. The van der Waals surface area contributed by atoms with Crippen LogP contribution in [-0.2, 0) is 11.3 Å². The third kappa shape index (κ3) is 2.03. The summed E-state index contributed by atoms with van der Waals surface area (Å²) in [5, 5.41) is 2.88. The normalized spacial score (nSPS) is 9.60. The van der Waals surface area contributed by atoms with E-state index in [1.54, 1.807) is 6.26 Å². The summed E-state index contributed by atoms with van der Waals surface area (Å²) in [6.45, 7) is 0.992. The van der Waals surface area contributed by atoms with Gasteiger partial charge in [-0.15, -0.1) is 0 Å². The second-order valence-electron chi connectivity index (χ2n) is 1.88. The summed E-state index contributed by atoms with van der Waals surface area (Å²) in [5.74, 6) is 0.849. The molecule has 0 aromatic carbocycles. The highest BCUT2D eigenvalue weighted by Gasteiger charge is 1.91. The first-order chi connectivity index (χ1) is 4.93. The van der Waals surface area contributed by atoms with Crippen molar-refractivity contribution in [1.29, 1.82) is 0 Å². The molecule has 0 aliphatic carbocycles. The summed E-state index contributed by atoms with van der Waals surface area (Å²) in [5.41, 5.74) is 0. The summed E-state index contributed by atoms with van der Waals surface area (Å²) in [6, 6.07) is 3.68. The van der Waals surface area contributed by atoms with Crippen molar-refractivity contribution in [1.82, 2.24) is 5.32 Å². The molecule has 1 aromatic heterocycles. The first-order valence-electron chi connectivity index (χ1n) is 3.10. The van der Waals surface area contributed by atoms with Gasteiger partial charge in [0.2, 0.25) is 0 Å². The van der Waals surface area contributed by atoms with Crippen molar-refractivity contribution >= 4 is 6.29 Å². The van der Waals surface area contributed by atoms with Crippen molar-refractivity contribution in [3.8, 4) is 0 Å². The molecule has 10 heavy (non-hydrogen) atoms. The highest BCUT2D eigenvalue weighted by molar-refractivity contribution is 5.51. The lowest BCUT2D eigenvalue weighted by molar-refractivity contribution is -0.107. The minimum absolute atomic E-state index is 0.376. The zero-order valence-electron chi connectivity index (χ0n) is 5.54. The predicted octanol–water partition coefficient (Wildman–Crippen LogP) is 0.568. The van der Waals surface area contributed by atoms with Crippen molar-refractivity contribution in [2.24, 2.45) is 0 Å². The Morgan fingerprint density at radius 1 is 1.70 bits per heavy atom. The van der Waals surface area contributed by atoms with Gasteiger partial charge in [0.15, 0.2) is 0 Å². The zero-order chi connectivity index (χ0) is 7.23. The molecule has 1 aromatic rings. The molecule has 0 bridgehead atoms. The molecule has 0 amide bonds. The summed E-state index contributed by atoms with van der Waals surface area (Å²) >= 11 is 0. The Bertz CT molecular complexity index is 181. The van der Waals surface area contributed by atoms with Crippen LogP contribution in [-0.4, -0.2) is 12.8 Å². The molecule has 0 aliphatic heterocycles. The van der Waals surface area contributed by atoms with E-state index in [4.69, 9.17) is 4.42 Å². The van der Waals surface area contributed by atoms with Crippen LogP contribution in [0.25, 0.3) is 0 Å². The van der Waals surface area contributed by atoms with Crippen LogP contribution in [0.4, 0.5) is 0 Å². The molecular formula is C7H9NO2. The molecule has 0 atom stereocenters. The predicted molar refractivity (Wildman–Crippen MR) is 36.5 cm³/mol. The minimum atomic E-state index is 0.376. The van der Waals surface area contributed by atoms with Crippen molar-refractivity contribution in [2.75, 3.05) is 6.54 Å². The van der Waals surface area contributed by atoms with Gasteiger partial charge in [-0.25, -0.2) is 0 Å². The molecule has 0 unspecified atom stereocenters. The SMILES string of the molecule is O=CCNCc1ccco1. The van der Waals surface area contributed by atoms with Gasteiger partial charge < -0.3 is 14.5 Å². The van der Waals surface area contributed by atoms with E-state index in [0.29, 0.717) is 13.1 Å². The summed E-state index contributed by atoms with van der Waals surface area (Å²) in [4.78, 5) is 9.84. The number of carbonyl (C=O) groups is 1. The molecule has 0 saturated carbocycles. The van der Waals surface area contributed by atoms with Crippen LogP contribution in [0.2, 0.25) is 0 Å². The maximum absolute atomic E-state index is 9.84. The number of hydrogen-bond donors (Lipinski definition) is 1. The molecule has 3 heteroatoms. The van der Waals surface area contributed by atoms with Gasteiger partial charge in [-0.05, 0) is 12.1 Å². The highest BCUT2D eigenvalue weighted by atomic mass is 16.3. The lowest BCUT2D eigenvalue weighted by Gasteiger charge is -1.93. The first-order valence-corrected chi connectivity index (χ1v) is 3.10. The Balaban J connectivity index is 2.21. The Morgan fingerprint density at radius 3 is 3.20 bits per heavy atom. The fourth-order valence-electron chi connectivity index (χ4n) is 0.667. The fourth-order valence-corrected chi connectivity index (χ4v) is 0.667. The molecule has 0 fully saturated rings. The number of carbonyl (C=O) groups excluding carboxylic acids is 1. The van der Waals surface area contributed by atoms with Crippen LogP contribution in [0.15, 0.2) is 22.8 Å². The molecule has 1 rings (SSSR count). The van der Waals surface area contributed by atoms with Crippen LogP contribution < -0.4 is 5.32 Å². The van der Waals surface area contributed by atoms with Crippen molar-refractivity contribution in [3.63, 3.8) is 0 Å². The monoisotopic (exact) mass is 139 g/mol. The average Bonchev–Trinajstić information content (AvgIpc) is 2.41. The molecule has 3 nitrogen and oxygen atoms in total. The lowest BCUT2D eigenvalue weighted by Crippen LogP contribution is -2.14. The largest absolute Gasteiger partial charge is 0.468 e. The number of rotatable bonds is 4. The topological polar surface area (TPSA) is 42.2 Å². The van der Waals surface area contributed by atoms with Crippen molar-refractivity contribution < 1.29 is 9.21 Å². The molecule has 0 radical (unpaired) electrons. The van der Waals surface area contributed by atoms with Crippen LogP contribution in [0.5, 0.6) is 0 Å². The first kappa shape index (κ1) is 7.02. The molecule has 1 heterocycles. The molecule has 0 saturated heterocycles. The molecule has 54 valence electrons. The van der Waals surface area contributed by atoms with E-state index in [-0.39, 0.29) is 0 Å². The van der Waals surface area contributed by atoms with Crippen LogP contribution in [0, 0.1) is 0 Å². The van der Waals surface area contributed by atoms with Crippen LogP contribution >= 0.6 is 0 Å². The minimum Gasteiger partial charge on any atom is -0.468 e. The average molecular weight is 139 g/mol. The van der Waals surface area contributed by atoms with E-state index in [1.807, 2.05) is 12.1 Å². The third-order valence-corrected chi connectivity index (χ3v) is 1.11. The maximum atomic E-state index is 9.84. The quantitative estimate of drug-likeness (QED) is 0.489. The Morgan fingerprint density at radius 2 is 2.60 bits per heavy atom. The lowest BCUT2D eigenvalue weighted by atomic mass is 10.4. The van der Waals surface area contributed by atoms with Gasteiger partial charge in [0.25, 0.3) is 0 Å². The maximum Gasteiger partial charge on any atom is 0.133 e. The van der Waals surface area contributed by atoms with Gasteiger partial charge in [0.1, 0.15) is 12.0 Å². The van der Waals surface area contributed by atoms with E-state index in [1.165, 1.54) is 0 Å². The van der Waals surface area contributed by atoms with Gasteiger partial charge in [-0.3, -0.25) is 0 Å². The Kier molecular flexibility index (Phi) is 2.70. The highest BCUT2D eigenvalue weighted by Crippen LogP contribution is 1.97. The number of hydrogen-bond acceptors (Lipinski definition) is 3. The molecule has 0 spiro atoms. The second-order valence-corrected chi connectivity index (χ2v) is 1.88. The standard InChI is InChI=1S/C7H9NO2/c9-4-3-8-6-7-2-1-5-10-7/h1-2,4-5,8H,3,6H2. The van der Waals surface area contributed by atoms with Gasteiger partial charge >= 0.3 is 0 Å². The van der Waals surface area contributed by atoms with Crippen LogP contribution in [0.3, 0.4) is 0 Å². The van der Waals surface area contributed by atoms with E-state index >= 15 is 0 Å². The number of aldehydes is 1. The summed E-state index contributed by atoms with van der Waals surface area (Å²) in [6.07, 6.45) is 2.43. The second kappa shape index (κ2) is 3.85. The fraction of sp³-hybridized carbons (Fsp3) is 0.286. The van der Waals surface area contributed by atoms with Crippen molar-refractivity contribution in [3.05, 3.63) is 24.2 Å². The Hall–Kier alpha value is -1.09. The van der Waals surface area contributed by atoms with Gasteiger partial charge in [0, 0.05) is 0 Å². The van der Waals surface area contributed by atoms with E-state index in [0.717, 1.165) is 12.0 Å². The van der Waals surface area contributed by atoms with Gasteiger partial charge in [0.05, 0.1) is 19.4 Å². The van der Waals surface area contributed by atoms with Gasteiger partial charge in [-0.2, -0.15) is 0 Å². The third-order valence-electron chi connectivity index (χ3n) is 1.11. The van der Waals surface area contributed by atoms with Crippen LogP contribution in [0.1, 0.15) is 5.76 Å². The van der Waals surface area contributed by atoms with Gasteiger partial charge in [-0.1, -0.05) is 0 Å². The zero-order valence-corrected chi connectivity index (χ0v) is 5.54. The summed E-state index contributed by atoms with van der Waals surface area (Å²) < 4.78 is 5.00.